The Kier molecular flexibility index (Phi) is 6.02. The summed E-state index contributed by atoms with van der Waals surface area (Å²) in [6, 6.07) is 7.08. The number of hydrogen-bond donors (Lipinski definition) is 2. The average Bonchev–Trinajstić information content (AvgIpc) is 2.42. The van der Waals surface area contributed by atoms with Crippen molar-refractivity contribution in [2.24, 2.45) is 11.5 Å². The molecule has 0 bridgehead atoms. The van der Waals surface area contributed by atoms with Gasteiger partial charge in [-0.25, -0.2) is 0 Å². The number of nitrogens with zero attached hydrogens (tertiary/aromatic N) is 1. The summed E-state index contributed by atoms with van der Waals surface area (Å²) in [5.74, 6) is -0.668. The van der Waals surface area contributed by atoms with E-state index in [0.29, 0.717) is 18.7 Å². The van der Waals surface area contributed by atoms with Gasteiger partial charge in [-0.05, 0) is 24.1 Å². The predicted octanol–water partition coefficient (Wildman–Crippen LogP) is 0.873. The van der Waals surface area contributed by atoms with Crippen molar-refractivity contribution in [1.29, 1.82) is 0 Å². The molecule has 0 atom stereocenters. The first-order chi connectivity index (χ1) is 9.08. The Labute approximate surface area is 113 Å². The minimum atomic E-state index is -0.497. The van der Waals surface area contributed by atoms with E-state index in [9.17, 15) is 9.59 Å². The number of carbonyl (C=O) groups is 2. The molecule has 5 nitrogen and oxygen atoms in total. The van der Waals surface area contributed by atoms with E-state index >= 15 is 0 Å². The van der Waals surface area contributed by atoms with Crippen LogP contribution in [0.4, 0.5) is 0 Å². The van der Waals surface area contributed by atoms with Gasteiger partial charge in [0.25, 0.3) is 5.91 Å². The van der Waals surface area contributed by atoms with E-state index in [-0.39, 0.29) is 12.5 Å². The van der Waals surface area contributed by atoms with Gasteiger partial charge in [0.05, 0.1) is 6.54 Å². The minimum Gasteiger partial charge on any atom is -0.368 e. The van der Waals surface area contributed by atoms with Gasteiger partial charge >= 0.3 is 0 Å². The quantitative estimate of drug-likeness (QED) is 0.765. The second kappa shape index (κ2) is 7.53. The van der Waals surface area contributed by atoms with E-state index in [1.807, 2.05) is 19.1 Å². The Balaban J connectivity index is 2.81. The van der Waals surface area contributed by atoms with Gasteiger partial charge in [0, 0.05) is 18.7 Å². The number of unbranched alkanes of at least 4 members (excludes halogenated alkanes) is 1. The molecule has 1 aromatic rings. The first-order valence-electron chi connectivity index (χ1n) is 6.45. The molecular weight excluding hydrogens is 242 g/mol. The van der Waals surface area contributed by atoms with Crippen molar-refractivity contribution >= 4 is 11.8 Å². The largest absolute Gasteiger partial charge is 0.368 e. The molecule has 0 radical (unpaired) electrons. The highest BCUT2D eigenvalue weighted by atomic mass is 16.2. The van der Waals surface area contributed by atoms with Gasteiger partial charge in [0.2, 0.25) is 5.91 Å². The van der Waals surface area contributed by atoms with Crippen LogP contribution >= 0.6 is 0 Å². The lowest BCUT2D eigenvalue weighted by Crippen LogP contribution is -2.39. The molecule has 0 heterocycles. The predicted molar refractivity (Wildman–Crippen MR) is 74.3 cm³/mol. The topological polar surface area (TPSA) is 89.4 Å². The fourth-order valence-corrected chi connectivity index (χ4v) is 1.76. The summed E-state index contributed by atoms with van der Waals surface area (Å²) in [5.41, 5.74) is 12.2. The zero-order valence-electron chi connectivity index (χ0n) is 11.3. The molecule has 0 aliphatic heterocycles. The molecule has 1 rings (SSSR count). The highest BCUT2D eigenvalue weighted by molar-refractivity contribution is 5.96. The van der Waals surface area contributed by atoms with Gasteiger partial charge in [-0.3, -0.25) is 9.59 Å². The number of benzene rings is 1. The highest BCUT2D eigenvalue weighted by Gasteiger charge is 2.16. The number of primary amides is 1. The smallest absolute Gasteiger partial charge is 0.254 e. The summed E-state index contributed by atoms with van der Waals surface area (Å²) >= 11 is 0. The van der Waals surface area contributed by atoms with Gasteiger partial charge in [-0.1, -0.05) is 25.5 Å². The van der Waals surface area contributed by atoms with Crippen LogP contribution in [-0.2, 0) is 11.3 Å². The number of hydrogen-bond acceptors (Lipinski definition) is 3. The van der Waals surface area contributed by atoms with Crippen LogP contribution in [0.3, 0.4) is 0 Å². The van der Waals surface area contributed by atoms with Crippen molar-refractivity contribution in [2.45, 2.75) is 26.3 Å². The fraction of sp³-hybridized carbons (Fsp3) is 0.429. The number of nitrogens with two attached hydrogens (primary N) is 2. The minimum absolute atomic E-state index is 0.0442. The Hall–Kier alpha value is -1.88. The van der Waals surface area contributed by atoms with Crippen molar-refractivity contribution in [2.75, 3.05) is 13.1 Å². The summed E-state index contributed by atoms with van der Waals surface area (Å²) in [6.45, 7) is 2.96. The third-order valence-electron chi connectivity index (χ3n) is 2.85. The lowest BCUT2D eigenvalue weighted by atomic mass is 10.1. The maximum Gasteiger partial charge on any atom is 0.254 e. The summed E-state index contributed by atoms with van der Waals surface area (Å²) in [6.07, 6.45) is 1.80. The lowest BCUT2D eigenvalue weighted by Gasteiger charge is -2.21. The zero-order chi connectivity index (χ0) is 14.3. The molecule has 0 fully saturated rings. The second-order valence-corrected chi connectivity index (χ2v) is 4.45. The van der Waals surface area contributed by atoms with E-state index in [4.69, 9.17) is 11.5 Å². The summed E-state index contributed by atoms with van der Waals surface area (Å²) in [5, 5.41) is 0. The van der Waals surface area contributed by atoms with Crippen LogP contribution in [0.15, 0.2) is 24.3 Å². The average molecular weight is 263 g/mol. The Bertz CT molecular complexity index is 429. The molecule has 0 aromatic heterocycles. The van der Waals surface area contributed by atoms with Gasteiger partial charge < -0.3 is 16.4 Å². The molecule has 0 saturated carbocycles. The normalized spacial score (nSPS) is 10.2. The summed E-state index contributed by atoms with van der Waals surface area (Å²) in [4.78, 5) is 24.8. The van der Waals surface area contributed by atoms with E-state index < -0.39 is 5.91 Å². The van der Waals surface area contributed by atoms with Crippen molar-refractivity contribution < 1.29 is 9.59 Å². The van der Waals surface area contributed by atoms with Crippen LogP contribution < -0.4 is 11.5 Å². The molecular formula is C14H21N3O2. The third-order valence-corrected chi connectivity index (χ3v) is 2.85. The summed E-state index contributed by atoms with van der Waals surface area (Å²) < 4.78 is 0. The van der Waals surface area contributed by atoms with Crippen LogP contribution in [0.5, 0.6) is 0 Å². The Morgan fingerprint density at radius 2 is 1.84 bits per heavy atom. The SMILES string of the molecule is CCCCN(CC(N)=O)C(=O)c1ccc(CN)cc1. The highest BCUT2D eigenvalue weighted by Crippen LogP contribution is 2.08. The molecule has 1 aromatic carbocycles. The van der Waals surface area contributed by atoms with Crippen LogP contribution in [0.1, 0.15) is 35.7 Å². The van der Waals surface area contributed by atoms with E-state index in [2.05, 4.69) is 0 Å². The van der Waals surface area contributed by atoms with Gasteiger partial charge in [0.15, 0.2) is 0 Å². The molecule has 19 heavy (non-hydrogen) atoms. The van der Waals surface area contributed by atoms with Crippen LogP contribution in [-0.4, -0.2) is 29.8 Å². The first-order valence-corrected chi connectivity index (χ1v) is 6.45. The molecule has 0 unspecified atom stereocenters. The standard InChI is InChI=1S/C14H21N3O2/c1-2-3-8-17(10-13(16)18)14(19)12-6-4-11(9-15)5-7-12/h4-7H,2-3,8-10,15H2,1H3,(H2,16,18). The van der Waals surface area contributed by atoms with E-state index in [1.54, 1.807) is 12.1 Å². The van der Waals surface area contributed by atoms with Crippen molar-refractivity contribution in [3.8, 4) is 0 Å². The molecule has 2 amide bonds. The maximum absolute atomic E-state index is 12.3. The maximum atomic E-state index is 12.3. The fourth-order valence-electron chi connectivity index (χ4n) is 1.76. The Morgan fingerprint density at radius 3 is 2.32 bits per heavy atom. The monoisotopic (exact) mass is 263 g/mol. The molecule has 4 N–H and O–H groups in total. The van der Waals surface area contributed by atoms with Gasteiger partial charge in [0.1, 0.15) is 0 Å². The van der Waals surface area contributed by atoms with Crippen LogP contribution in [0, 0.1) is 0 Å². The number of rotatable bonds is 7. The molecule has 0 saturated heterocycles. The molecule has 5 heteroatoms. The van der Waals surface area contributed by atoms with Crippen molar-refractivity contribution in [3.05, 3.63) is 35.4 Å². The van der Waals surface area contributed by atoms with Gasteiger partial charge in [-0.2, -0.15) is 0 Å². The van der Waals surface area contributed by atoms with Crippen molar-refractivity contribution in [3.63, 3.8) is 0 Å². The zero-order valence-corrected chi connectivity index (χ0v) is 11.3. The molecule has 0 aliphatic rings. The third kappa shape index (κ3) is 4.71. The first kappa shape index (κ1) is 15.2. The Morgan fingerprint density at radius 1 is 1.21 bits per heavy atom. The number of carbonyl (C=O) groups excluding carboxylic acids is 2. The van der Waals surface area contributed by atoms with Crippen molar-refractivity contribution in [1.82, 2.24) is 4.90 Å². The number of amides is 2. The van der Waals surface area contributed by atoms with Crippen LogP contribution in [0.25, 0.3) is 0 Å². The lowest BCUT2D eigenvalue weighted by molar-refractivity contribution is -0.118. The molecule has 104 valence electrons. The second-order valence-electron chi connectivity index (χ2n) is 4.45. The summed E-state index contributed by atoms with van der Waals surface area (Å²) in [7, 11) is 0. The van der Waals surface area contributed by atoms with Gasteiger partial charge in [-0.15, -0.1) is 0 Å². The van der Waals surface area contributed by atoms with E-state index in [1.165, 1.54) is 4.90 Å². The van der Waals surface area contributed by atoms with Crippen LogP contribution in [0.2, 0.25) is 0 Å². The molecule has 0 aliphatic carbocycles. The van der Waals surface area contributed by atoms with E-state index in [0.717, 1.165) is 18.4 Å². The molecule has 0 spiro atoms.